The van der Waals surface area contributed by atoms with E-state index in [0.717, 1.165) is 0 Å². The van der Waals surface area contributed by atoms with Gasteiger partial charge in [0.15, 0.2) is 0 Å². The summed E-state index contributed by atoms with van der Waals surface area (Å²) < 4.78 is 0. The van der Waals surface area contributed by atoms with E-state index in [1.54, 1.807) is 0 Å². The Bertz CT molecular complexity index is 120. The van der Waals surface area contributed by atoms with Gasteiger partial charge in [-0.15, -0.1) is 0 Å². The van der Waals surface area contributed by atoms with Crippen LogP contribution in [0.5, 0.6) is 0 Å². The second-order valence-corrected chi connectivity index (χ2v) is 3.16. The van der Waals surface area contributed by atoms with Gasteiger partial charge in [-0.1, -0.05) is 56.9 Å². The van der Waals surface area contributed by atoms with E-state index in [4.69, 9.17) is 0 Å². The van der Waals surface area contributed by atoms with Crippen molar-refractivity contribution in [2.75, 3.05) is 0 Å². The molecule has 0 fully saturated rings. The van der Waals surface area contributed by atoms with Gasteiger partial charge < -0.3 is 0 Å². The Morgan fingerprint density at radius 3 is 2.33 bits per heavy atom. The van der Waals surface area contributed by atoms with E-state index in [0.29, 0.717) is 0 Å². The molecule has 0 rings (SSSR count). The van der Waals surface area contributed by atoms with Gasteiger partial charge in [-0.05, 0) is 19.8 Å². The molecule has 0 spiro atoms. The van der Waals surface area contributed by atoms with Gasteiger partial charge in [-0.3, -0.25) is 0 Å². The highest BCUT2D eigenvalue weighted by Gasteiger charge is 1.85. The number of unbranched alkanes of at least 4 members (excludes halogenated alkanes) is 5. The lowest BCUT2D eigenvalue weighted by atomic mass is 10.1. The fourth-order valence-electron chi connectivity index (χ4n) is 1.15. The second kappa shape index (κ2) is 10.5. The highest BCUT2D eigenvalue weighted by atomic mass is 13.9. The van der Waals surface area contributed by atoms with Gasteiger partial charge in [0.25, 0.3) is 0 Å². The predicted octanol–water partition coefficient (Wildman–Crippen LogP) is 4.48. The fraction of sp³-hybridized carbons (Fsp3) is 0.667. The van der Waals surface area contributed by atoms with Crippen molar-refractivity contribution in [2.45, 2.75) is 52.4 Å². The molecule has 0 aliphatic rings. The molecule has 0 saturated carbocycles. The highest BCUT2D eigenvalue weighted by Crippen LogP contribution is 2.05. The van der Waals surface area contributed by atoms with Gasteiger partial charge in [0.05, 0.1) is 0 Å². The summed E-state index contributed by atoms with van der Waals surface area (Å²) in [4.78, 5) is 0. The Morgan fingerprint density at radius 1 is 0.917 bits per heavy atom. The van der Waals surface area contributed by atoms with Crippen molar-refractivity contribution >= 4 is 0 Å². The number of hydrogen-bond donors (Lipinski definition) is 0. The molecule has 0 nitrogen and oxygen atoms in total. The van der Waals surface area contributed by atoms with Crippen LogP contribution < -0.4 is 0 Å². The Hall–Kier alpha value is -0.520. The average Bonchev–Trinajstić information content (AvgIpc) is 2.10. The van der Waals surface area contributed by atoms with Crippen LogP contribution >= 0.6 is 0 Å². The Kier molecular flexibility index (Phi) is 10.0. The Morgan fingerprint density at radius 2 is 1.67 bits per heavy atom. The third-order valence-corrected chi connectivity index (χ3v) is 1.91. The molecule has 0 aliphatic carbocycles. The van der Waals surface area contributed by atoms with E-state index >= 15 is 0 Å². The van der Waals surface area contributed by atoms with Crippen molar-refractivity contribution in [2.24, 2.45) is 0 Å². The average molecular weight is 166 g/mol. The van der Waals surface area contributed by atoms with Crippen LogP contribution in [0.2, 0.25) is 0 Å². The fourth-order valence-corrected chi connectivity index (χ4v) is 1.15. The first-order valence-corrected chi connectivity index (χ1v) is 5.19. The zero-order valence-electron chi connectivity index (χ0n) is 8.55. The molecular weight excluding hydrogens is 144 g/mol. The van der Waals surface area contributed by atoms with E-state index in [9.17, 15) is 0 Å². The van der Waals surface area contributed by atoms with E-state index in [1.807, 2.05) is 6.92 Å². The SMILES string of the molecule is C/C=C\C=C\CCCCCCC. The van der Waals surface area contributed by atoms with Crippen LogP contribution in [0.4, 0.5) is 0 Å². The van der Waals surface area contributed by atoms with Crippen molar-refractivity contribution in [3.05, 3.63) is 24.3 Å². The van der Waals surface area contributed by atoms with Crippen molar-refractivity contribution in [1.82, 2.24) is 0 Å². The number of allylic oxidation sites excluding steroid dienone is 4. The largest absolute Gasteiger partial charge is 0.0877 e. The van der Waals surface area contributed by atoms with Gasteiger partial charge in [-0.2, -0.15) is 0 Å². The molecule has 0 N–H and O–H groups in total. The summed E-state index contributed by atoms with van der Waals surface area (Å²) in [6.45, 7) is 4.30. The van der Waals surface area contributed by atoms with E-state index < -0.39 is 0 Å². The topological polar surface area (TPSA) is 0 Å². The highest BCUT2D eigenvalue weighted by molar-refractivity contribution is 5.00. The van der Waals surface area contributed by atoms with Crippen LogP contribution in [-0.4, -0.2) is 0 Å². The summed E-state index contributed by atoms with van der Waals surface area (Å²) in [6.07, 6.45) is 16.7. The van der Waals surface area contributed by atoms with Gasteiger partial charge >= 0.3 is 0 Å². The van der Waals surface area contributed by atoms with Crippen LogP contribution in [0.25, 0.3) is 0 Å². The second-order valence-electron chi connectivity index (χ2n) is 3.16. The van der Waals surface area contributed by atoms with Gasteiger partial charge in [0.1, 0.15) is 0 Å². The minimum Gasteiger partial charge on any atom is -0.0877 e. The minimum atomic E-state index is 1.24. The summed E-state index contributed by atoms with van der Waals surface area (Å²) in [6, 6.07) is 0. The third kappa shape index (κ3) is 9.48. The molecule has 0 radical (unpaired) electrons. The van der Waals surface area contributed by atoms with Crippen LogP contribution in [-0.2, 0) is 0 Å². The molecule has 0 aromatic heterocycles. The van der Waals surface area contributed by atoms with E-state index in [1.165, 1.54) is 38.5 Å². The maximum atomic E-state index is 2.26. The first-order valence-electron chi connectivity index (χ1n) is 5.19. The zero-order chi connectivity index (χ0) is 9.07. The first-order chi connectivity index (χ1) is 5.91. The van der Waals surface area contributed by atoms with Gasteiger partial charge in [-0.25, -0.2) is 0 Å². The lowest BCUT2D eigenvalue weighted by molar-refractivity contribution is 0.637. The molecule has 0 aromatic rings. The smallest absolute Gasteiger partial charge is 0.0348 e. The summed E-state index contributed by atoms with van der Waals surface area (Å²) >= 11 is 0. The normalized spacial score (nSPS) is 11.8. The van der Waals surface area contributed by atoms with Gasteiger partial charge in [0, 0.05) is 0 Å². The zero-order valence-corrected chi connectivity index (χ0v) is 8.55. The minimum absolute atomic E-state index is 1.24. The molecule has 0 unspecified atom stereocenters. The molecule has 70 valence electrons. The molecule has 0 atom stereocenters. The first kappa shape index (κ1) is 11.5. The quantitative estimate of drug-likeness (QED) is 0.386. The summed E-state index contributed by atoms with van der Waals surface area (Å²) in [5, 5.41) is 0. The summed E-state index contributed by atoms with van der Waals surface area (Å²) in [7, 11) is 0. The summed E-state index contributed by atoms with van der Waals surface area (Å²) in [5.41, 5.74) is 0. The van der Waals surface area contributed by atoms with Crippen LogP contribution in [0, 0.1) is 0 Å². The standard InChI is InChI=1S/C12H22/c1-3-5-7-9-11-12-10-8-6-4-2/h3,5,7,9H,4,6,8,10-12H2,1-2H3/b5-3-,9-7+. The summed E-state index contributed by atoms with van der Waals surface area (Å²) in [5.74, 6) is 0. The van der Waals surface area contributed by atoms with Crippen molar-refractivity contribution in [3.63, 3.8) is 0 Å². The Balaban J connectivity index is 3.00. The Labute approximate surface area is 77.4 Å². The van der Waals surface area contributed by atoms with Crippen LogP contribution in [0.15, 0.2) is 24.3 Å². The molecule has 12 heavy (non-hydrogen) atoms. The maximum Gasteiger partial charge on any atom is -0.0348 e. The molecule has 0 amide bonds. The molecule has 0 aromatic carbocycles. The molecule has 0 heteroatoms. The molecule has 0 aliphatic heterocycles. The lowest BCUT2D eigenvalue weighted by Gasteiger charge is -1.95. The van der Waals surface area contributed by atoms with E-state index in [-0.39, 0.29) is 0 Å². The van der Waals surface area contributed by atoms with Gasteiger partial charge in [0.2, 0.25) is 0 Å². The van der Waals surface area contributed by atoms with Crippen LogP contribution in [0.1, 0.15) is 52.4 Å². The third-order valence-electron chi connectivity index (χ3n) is 1.91. The van der Waals surface area contributed by atoms with Crippen molar-refractivity contribution in [3.8, 4) is 0 Å². The molecule has 0 saturated heterocycles. The van der Waals surface area contributed by atoms with Crippen LogP contribution in [0.3, 0.4) is 0 Å². The van der Waals surface area contributed by atoms with Crippen molar-refractivity contribution < 1.29 is 0 Å². The van der Waals surface area contributed by atoms with E-state index in [2.05, 4.69) is 31.2 Å². The lowest BCUT2D eigenvalue weighted by Crippen LogP contribution is -1.75. The molecule has 0 bridgehead atoms. The number of rotatable bonds is 7. The molecule has 0 heterocycles. The number of hydrogen-bond acceptors (Lipinski definition) is 0. The predicted molar refractivity (Wildman–Crippen MR) is 57.3 cm³/mol. The van der Waals surface area contributed by atoms with Crippen molar-refractivity contribution in [1.29, 1.82) is 0 Å². The maximum absolute atomic E-state index is 2.26. The molecular formula is C12H22. The monoisotopic (exact) mass is 166 g/mol.